The van der Waals surface area contributed by atoms with Gasteiger partial charge in [0.05, 0.1) is 23.3 Å². The van der Waals surface area contributed by atoms with Crippen molar-refractivity contribution in [2.24, 2.45) is 5.92 Å². The van der Waals surface area contributed by atoms with E-state index in [2.05, 4.69) is 28.4 Å². The zero-order valence-electron chi connectivity index (χ0n) is 14.5. The molecule has 25 heavy (non-hydrogen) atoms. The number of rotatable bonds is 5. The summed E-state index contributed by atoms with van der Waals surface area (Å²) in [5.74, 6) is 0.796. The summed E-state index contributed by atoms with van der Waals surface area (Å²) in [6, 6.07) is 2.10. The Kier molecular flexibility index (Phi) is 4.60. The van der Waals surface area contributed by atoms with E-state index in [1.165, 1.54) is 29.7 Å². The average Bonchev–Trinajstić information content (AvgIpc) is 3.24. The molecule has 3 aromatic heterocycles. The summed E-state index contributed by atoms with van der Waals surface area (Å²) in [6.07, 6.45) is 7.94. The first-order valence-corrected chi connectivity index (χ1v) is 10.5. The smallest absolute Gasteiger partial charge is 0.261 e. The molecule has 1 amide bonds. The quantitative estimate of drug-likeness (QED) is 0.734. The standard InChI is InChI=1S/C18H22N4OS2/c1-3-4-12-5-6-15-13(7-12)8-16(25-15)17(23)19-9-14-10-22-18(20-14)24-11(2)21-22/h8,10,12H,3-7,9H2,1-2H3,(H,19,23)/t12-/m0/s1. The third-order valence-electron chi connectivity index (χ3n) is 4.73. The minimum atomic E-state index is 0.00642. The maximum atomic E-state index is 12.5. The SMILES string of the molecule is CCC[C@H]1CCc2sc(C(=O)NCc3cn4nc(C)sc4n3)cc2C1. The molecule has 0 aliphatic heterocycles. The van der Waals surface area contributed by atoms with Crippen molar-refractivity contribution >= 4 is 33.5 Å². The summed E-state index contributed by atoms with van der Waals surface area (Å²) in [7, 11) is 0. The Morgan fingerprint density at radius 1 is 1.44 bits per heavy atom. The van der Waals surface area contributed by atoms with Crippen LogP contribution in [0.5, 0.6) is 0 Å². The molecule has 0 saturated carbocycles. The van der Waals surface area contributed by atoms with E-state index in [1.54, 1.807) is 27.2 Å². The predicted octanol–water partition coefficient (Wildman–Crippen LogP) is 4.00. The minimum Gasteiger partial charge on any atom is -0.346 e. The number of nitrogens with zero attached hydrogens (tertiary/aromatic N) is 3. The summed E-state index contributed by atoms with van der Waals surface area (Å²) in [5.41, 5.74) is 2.23. The van der Waals surface area contributed by atoms with Gasteiger partial charge in [0, 0.05) is 4.88 Å². The van der Waals surface area contributed by atoms with Crippen LogP contribution in [0.15, 0.2) is 12.3 Å². The van der Waals surface area contributed by atoms with Crippen LogP contribution in [-0.4, -0.2) is 20.5 Å². The fourth-order valence-electron chi connectivity index (χ4n) is 3.55. The van der Waals surface area contributed by atoms with Gasteiger partial charge in [0.25, 0.3) is 5.91 Å². The number of nitrogens with one attached hydrogen (secondary N) is 1. The van der Waals surface area contributed by atoms with E-state index in [4.69, 9.17) is 0 Å². The zero-order valence-corrected chi connectivity index (χ0v) is 16.2. The molecule has 1 N–H and O–H groups in total. The molecule has 1 aliphatic rings. The molecule has 0 aromatic carbocycles. The first kappa shape index (κ1) is 16.7. The summed E-state index contributed by atoms with van der Waals surface area (Å²) in [5, 5.41) is 8.34. The Hall–Kier alpha value is -1.73. The molecule has 7 heteroatoms. The van der Waals surface area contributed by atoms with Crippen LogP contribution < -0.4 is 5.32 Å². The first-order valence-electron chi connectivity index (χ1n) is 8.84. The maximum Gasteiger partial charge on any atom is 0.261 e. The fraction of sp³-hybridized carbons (Fsp3) is 0.500. The molecule has 0 unspecified atom stereocenters. The third kappa shape index (κ3) is 3.48. The maximum absolute atomic E-state index is 12.5. The highest BCUT2D eigenvalue weighted by atomic mass is 32.1. The van der Waals surface area contributed by atoms with Crippen molar-refractivity contribution in [2.45, 2.75) is 52.5 Å². The molecule has 4 rings (SSSR count). The van der Waals surface area contributed by atoms with Crippen molar-refractivity contribution in [3.63, 3.8) is 0 Å². The van der Waals surface area contributed by atoms with Gasteiger partial charge in [-0.05, 0) is 43.7 Å². The van der Waals surface area contributed by atoms with Crippen LogP contribution in [-0.2, 0) is 19.4 Å². The number of hydrogen-bond acceptors (Lipinski definition) is 5. The Balaban J connectivity index is 1.40. The Morgan fingerprint density at radius 2 is 2.32 bits per heavy atom. The van der Waals surface area contributed by atoms with Gasteiger partial charge in [-0.2, -0.15) is 5.10 Å². The van der Waals surface area contributed by atoms with E-state index in [9.17, 15) is 4.79 Å². The molecule has 1 aliphatic carbocycles. The summed E-state index contributed by atoms with van der Waals surface area (Å²) >= 11 is 3.22. The molecule has 0 saturated heterocycles. The van der Waals surface area contributed by atoms with Crippen molar-refractivity contribution in [1.82, 2.24) is 19.9 Å². The molecule has 5 nitrogen and oxygen atoms in total. The molecule has 0 radical (unpaired) electrons. The molecule has 3 heterocycles. The second-order valence-electron chi connectivity index (χ2n) is 6.72. The van der Waals surface area contributed by atoms with Crippen LogP contribution in [0, 0.1) is 12.8 Å². The number of aromatic nitrogens is 3. The Morgan fingerprint density at radius 3 is 3.12 bits per heavy atom. The van der Waals surface area contributed by atoms with Crippen LogP contribution in [0.2, 0.25) is 0 Å². The highest BCUT2D eigenvalue weighted by Crippen LogP contribution is 2.34. The van der Waals surface area contributed by atoms with Crippen molar-refractivity contribution in [3.8, 4) is 0 Å². The molecule has 0 fully saturated rings. The van der Waals surface area contributed by atoms with E-state index in [1.807, 2.05) is 13.1 Å². The number of fused-ring (bicyclic) bond motifs is 2. The molecular formula is C18H22N4OS2. The summed E-state index contributed by atoms with van der Waals surface area (Å²) in [4.78, 5) is 20.1. The largest absolute Gasteiger partial charge is 0.346 e. The van der Waals surface area contributed by atoms with E-state index in [-0.39, 0.29) is 5.91 Å². The second kappa shape index (κ2) is 6.88. The lowest BCUT2D eigenvalue weighted by Gasteiger charge is -2.21. The monoisotopic (exact) mass is 374 g/mol. The van der Waals surface area contributed by atoms with Gasteiger partial charge in [-0.1, -0.05) is 31.1 Å². The number of carbonyl (C=O) groups is 1. The first-order chi connectivity index (χ1) is 12.1. The van der Waals surface area contributed by atoms with Crippen molar-refractivity contribution in [1.29, 1.82) is 0 Å². The van der Waals surface area contributed by atoms with Crippen LogP contribution in [0.1, 0.15) is 57.0 Å². The summed E-state index contributed by atoms with van der Waals surface area (Å²) in [6.45, 7) is 4.65. The van der Waals surface area contributed by atoms with Crippen LogP contribution >= 0.6 is 22.7 Å². The highest BCUT2D eigenvalue weighted by Gasteiger charge is 2.22. The molecule has 1 atom stereocenters. The Labute approximate surface area is 155 Å². The van der Waals surface area contributed by atoms with Gasteiger partial charge >= 0.3 is 0 Å². The van der Waals surface area contributed by atoms with Crippen molar-refractivity contribution in [3.05, 3.63) is 38.3 Å². The predicted molar refractivity (Wildman–Crippen MR) is 102 cm³/mol. The molecule has 0 spiro atoms. The molecular weight excluding hydrogens is 352 g/mol. The average molecular weight is 375 g/mol. The Bertz CT molecular complexity index is 876. The second-order valence-corrected chi connectivity index (χ2v) is 9.02. The van der Waals surface area contributed by atoms with Gasteiger partial charge in [0.1, 0.15) is 5.01 Å². The number of hydrogen-bond donors (Lipinski definition) is 1. The van der Waals surface area contributed by atoms with Crippen molar-refractivity contribution < 1.29 is 4.79 Å². The lowest BCUT2D eigenvalue weighted by Crippen LogP contribution is -2.22. The van der Waals surface area contributed by atoms with Gasteiger partial charge in [-0.3, -0.25) is 4.79 Å². The van der Waals surface area contributed by atoms with Gasteiger partial charge in [-0.15, -0.1) is 11.3 Å². The normalized spacial score (nSPS) is 17.0. The van der Waals surface area contributed by atoms with Crippen LogP contribution in [0.4, 0.5) is 0 Å². The van der Waals surface area contributed by atoms with Gasteiger partial charge in [-0.25, -0.2) is 9.50 Å². The number of imidazole rings is 1. The lowest BCUT2D eigenvalue weighted by molar-refractivity contribution is 0.0954. The number of amides is 1. The molecule has 3 aromatic rings. The zero-order chi connectivity index (χ0) is 17.4. The minimum absolute atomic E-state index is 0.00642. The summed E-state index contributed by atoms with van der Waals surface area (Å²) < 4.78 is 1.78. The van der Waals surface area contributed by atoms with Crippen molar-refractivity contribution in [2.75, 3.05) is 0 Å². The lowest BCUT2D eigenvalue weighted by atomic mass is 9.85. The van der Waals surface area contributed by atoms with E-state index < -0.39 is 0 Å². The van der Waals surface area contributed by atoms with Gasteiger partial charge < -0.3 is 5.32 Å². The number of carbonyl (C=O) groups excluding carboxylic acids is 1. The fourth-order valence-corrected chi connectivity index (χ4v) is 5.42. The number of aryl methyl sites for hydroxylation is 2. The molecule has 132 valence electrons. The van der Waals surface area contributed by atoms with Crippen LogP contribution in [0.3, 0.4) is 0 Å². The topological polar surface area (TPSA) is 59.3 Å². The van der Waals surface area contributed by atoms with Gasteiger partial charge in [0.15, 0.2) is 0 Å². The number of thiophene rings is 1. The van der Waals surface area contributed by atoms with Gasteiger partial charge in [0.2, 0.25) is 4.96 Å². The highest BCUT2D eigenvalue weighted by molar-refractivity contribution is 7.16. The van der Waals surface area contributed by atoms with E-state index in [0.717, 1.165) is 39.3 Å². The molecule has 0 bridgehead atoms. The van der Waals surface area contributed by atoms with E-state index in [0.29, 0.717) is 6.54 Å². The third-order valence-corrected chi connectivity index (χ3v) is 6.80. The van der Waals surface area contributed by atoms with Crippen LogP contribution in [0.25, 0.3) is 4.96 Å². The van der Waals surface area contributed by atoms with E-state index >= 15 is 0 Å².